The minimum atomic E-state index is -4.59. The Labute approximate surface area is 199 Å². The second-order valence-corrected chi connectivity index (χ2v) is 8.46. The highest BCUT2D eigenvalue weighted by atomic mass is 19.4. The molecule has 1 saturated heterocycles. The Kier molecular flexibility index (Phi) is 5.88. The lowest BCUT2D eigenvalue weighted by atomic mass is 10.0. The summed E-state index contributed by atoms with van der Waals surface area (Å²) in [5.74, 6) is 0.711. The van der Waals surface area contributed by atoms with Gasteiger partial charge in [-0.15, -0.1) is 0 Å². The van der Waals surface area contributed by atoms with Crippen LogP contribution in [0.4, 0.5) is 19.0 Å². The Morgan fingerprint density at radius 2 is 1.66 bits per heavy atom. The molecule has 3 heterocycles. The molecule has 1 amide bonds. The molecule has 7 nitrogen and oxygen atoms in total. The zero-order valence-electron chi connectivity index (χ0n) is 19.0. The summed E-state index contributed by atoms with van der Waals surface area (Å²) in [6.45, 7) is 3.39. The maximum atomic E-state index is 13.4. The normalized spacial score (nSPS) is 14.5. The van der Waals surface area contributed by atoms with Crippen LogP contribution < -0.4 is 4.90 Å². The first-order valence-electron chi connectivity index (χ1n) is 11.3. The van der Waals surface area contributed by atoms with Gasteiger partial charge in [-0.05, 0) is 24.6 Å². The average Bonchev–Trinajstić information content (AvgIpc) is 3.32. The van der Waals surface area contributed by atoms with Crippen LogP contribution in [0.25, 0.3) is 5.78 Å². The summed E-state index contributed by atoms with van der Waals surface area (Å²) < 4.78 is 42.0. The van der Waals surface area contributed by atoms with Gasteiger partial charge in [0.05, 0.1) is 11.1 Å². The average molecular weight is 480 g/mol. The van der Waals surface area contributed by atoms with Crippen LogP contribution in [0.5, 0.6) is 0 Å². The zero-order valence-corrected chi connectivity index (χ0v) is 19.0. The molecule has 0 saturated carbocycles. The van der Waals surface area contributed by atoms with Crippen molar-refractivity contribution in [1.82, 2.24) is 24.5 Å². The first kappa shape index (κ1) is 22.8. The molecule has 0 radical (unpaired) electrons. The first-order chi connectivity index (χ1) is 16.8. The van der Waals surface area contributed by atoms with Gasteiger partial charge in [-0.1, -0.05) is 42.5 Å². The number of anilines is 1. The van der Waals surface area contributed by atoms with E-state index in [1.807, 2.05) is 37.3 Å². The predicted molar refractivity (Wildman–Crippen MR) is 124 cm³/mol. The van der Waals surface area contributed by atoms with Crippen molar-refractivity contribution >= 4 is 17.5 Å². The second-order valence-electron chi connectivity index (χ2n) is 8.46. The van der Waals surface area contributed by atoms with Gasteiger partial charge < -0.3 is 9.80 Å². The smallest absolute Gasteiger partial charge is 0.353 e. The summed E-state index contributed by atoms with van der Waals surface area (Å²) >= 11 is 0. The number of amides is 1. The summed E-state index contributed by atoms with van der Waals surface area (Å²) in [7, 11) is 0. The third-order valence-electron chi connectivity index (χ3n) is 6.26. The lowest BCUT2D eigenvalue weighted by Gasteiger charge is -2.37. The number of benzene rings is 2. The van der Waals surface area contributed by atoms with Crippen LogP contribution in [-0.4, -0.2) is 56.6 Å². The Morgan fingerprint density at radius 1 is 0.971 bits per heavy atom. The Bertz CT molecular complexity index is 1360. The zero-order chi connectivity index (χ0) is 24.6. The molecule has 5 rings (SSSR count). The van der Waals surface area contributed by atoms with Crippen molar-refractivity contribution in [2.45, 2.75) is 19.5 Å². The minimum Gasteiger partial charge on any atom is -0.353 e. The molecule has 0 bridgehead atoms. The van der Waals surface area contributed by atoms with E-state index in [0.717, 1.165) is 28.7 Å². The van der Waals surface area contributed by atoms with Crippen molar-refractivity contribution in [3.63, 3.8) is 0 Å². The SMILES string of the molecule is Cc1nc2ncnn2c(N2CCN(C(=O)c3ccccc3C(F)(F)F)CC2)c1Cc1ccccc1. The maximum Gasteiger partial charge on any atom is 0.417 e. The van der Waals surface area contributed by atoms with Gasteiger partial charge in [-0.2, -0.15) is 27.8 Å². The van der Waals surface area contributed by atoms with Gasteiger partial charge in [0.15, 0.2) is 0 Å². The van der Waals surface area contributed by atoms with Crippen LogP contribution in [0.15, 0.2) is 60.9 Å². The number of carbonyl (C=O) groups excluding carboxylic acids is 1. The van der Waals surface area contributed by atoms with Gasteiger partial charge in [0.1, 0.15) is 12.1 Å². The van der Waals surface area contributed by atoms with E-state index in [9.17, 15) is 18.0 Å². The topological polar surface area (TPSA) is 66.6 Å². The molecule has 1 aliphatic heterocycles. The number of halogens is 3. The fourth-order valence-corrected chi connectivity index (χ4v) is 4.51. The van der Waals surface area contributed by atoms with Crippen LogP contribution in [0.2, 0.25) is 0 Å². The summed E-state index contributed by atoms with van der Waals surface area (Å²) in [5.41, 5.74) is 1.72. The number of alkyl halides is 3. The maximum absolute atomic E-state index is 13.4. The molecule has 1 fully saturated rings. The third kappa shape index (κ3) is 4.43. The monoisotopic (exact) mass is 480 g/mol. The summed E-state index contributed by atoms with van der Waals surface area (Å²) in [6.07, 6.45) is -2.50. The number of hydrogen-bond acceptors (Lipinski definition) is 5. The van der Waals surface area contributed by atoms with Crippen LogP contribution >= 0.6 is 0 Å². The summed E-state index contributed by atoms with van der Waals surface area (Å²) in [5, 5.41) is 4.37. The van der Waals surface area contributed by atoms with Crippen LogP contribution in [0.3, 0.4) is 0 Å². The van der Waals surface area contributed by atoms with Gasteiger partial charge in [-0.25, -0.2) is 4.98 Å². The quantitative estimate of drug-likeness (QED) is 0.442. The van der Waals surface area contributed by atoms with Crippen molar-refractivity contribution in [2.75, 3.05) is 31.1 Å². The van der Waals surface area contributed by atoms with Crippen LogP contribution in [0.1, 0.15) is 32.7 Å². The first-order valence-corrected chi connectivity index (χ1v) is 11.3. The van der Waals surface area contributed by atoms with E-state index in [-0.39, 0.29) is 18.7 Å². The highest BCUT2D eigenvalue weighted by Crippen LogP contribution is 2.33. The molecule has 180 valence electrons. The highest BCUT2D eigenvalue weighted by molar-refractivity contribution is 5.96. The largest absolute Gasteiger partial charge is 0.417 e. The van der Waals surface area contributed by atoms with Crippen LogP contribution in [0, 0.1) is 6.92 Å². The molecule has 0 unspecified atom stereocenters. The summed E-state index contributed by atoms with van der Waals surface area (Å²) in [4.78, 5) is 25.4. The number of carbonyl (C=O) groups is 1. The third-order valence-corrected chi connectivity index (χ3v) is 6.26. The summed E-state index contributed by atoms with van der Waals surface area (Å²) in [6, 6.07) is 14.9. The fraction of sp³-hybridized carbons (Fsp3) is 0.280. The second kappa shape index (κ2) is 9.01. The van der Waals surface area contributed by atoms with E-state index in [2.05, 4.69) is 20.0 Å². The minimum absolute atomic E-state index is 0.285. The molecule has 2 aromatic carbocycles. The highest BCUT2D eigenvalue weighted by Gasteiger charge is 2.36. The van der Waals surface area contributed by atoms with Gasteiger partial charge >= 0.3 is 6.18 Å². The molecule has 10 heteroatoms. The number of piperazine rings is 1. The standard InChI is InChI=1S/C25H23F3N6O/c1-17-20(15-18-7-3-2-4-8-18)22(34-24(31-17)29-16-30-34)32-11-13-33(14-12-32)23(35)19-9-5-6-10-21(19)25(26,27)28/h2-10,16H,11-15H2,1H3. The van der Waals surface area contributed by atoms with E-state index in [4.69, 9.17) is 0 Å². The number of nitrogens with zero attached hydrogens (tertiary/aromatic N) is 6. The predicted octanol–water partition coefficient (Wildman–Crippen LogP) is 4.00. The fourth-order valence-electron chi connectivity index (χ4n) is 4.51. The number of rotatable bonds is 4. The van der Waals surface area contributed by atoms with Gasteiger partial charge in [0.2, 0.25) is 0 Å². The van der Waals surface area contributed by atoms with Gasteiger partial charge in [-0.3, -0.25) is 4.79 Å². The van der Waals surface area contributed by atoms with Crippen molar-refractivity contribution in [1.29, 1.82) is 0 Å². The molecular formula is C25H23F3N6O. The molecule has 2 aromatic heterocycles. The number of aromatic nitrogens is 4. The molecular weight excluding hydrogens is 457 g/mol. The molecule has 1 aliphatic rings. The van der Waals surface area contributed by atoms with E-state index in [0.29, 0.717) is 25.3 Å². The van der Waals surface area contributed by atoms with Gasteiger partial charge in [0, 0.05) is 43.9 Å². The van der Waals surface area contributed by atoms with E-state index < -0.39 is 17.6 Å². The Hall–Kier alpha value is -3.95. The Balaban J connectivity index is 1.42. The van der Waals surface area contributed by atoms with E-state index >= 15 is 0 Å². The number of fused-ring (bicyclic) bond motifs is 1. The molecule has 35 heavy (non-hydrogen) atoms. The number of hydrogen-bond donors (Lipinski definition) is 0. The molecule has 4 aromatic rings. The lowest BCUT2D eigenvalue weighted by Crippen LogP contribution is -2.50. The van der Waals surface area contributed by atoms with E-state index in [1.54, 1.807) is 4.52 Å². The van der Waals surface area contributed by atoms with E-state index in [1.165, 1.54) is 29.4 Å². The Morgan fingerprint density at radius 3 is 2.37 bits per heavy atom. The molecule has 0 atom stereocenters. The van der Waals surface area contributed by atoms with Crippen molar-refractivity contribution < 1.29 is 18.0 Å². The van der Waals surface area contributed by atoms with Crippen molar-refractivity contribution in [3.05, 3.63) is 88.9 Å². The van der Waals surface area contributed by atoms with Crippen molar-refractivity contribution in [2.24, 2.45) is 0 Å². The molecule has 0 spiro atoms. The number of aryl methyl sites for hydroxylation is 1. The molecule has 0 N–H and O–H groups in total. The molecule has 0 aliphatic carbocycles. The lowest BCUT2D eigenvalue weighted by molar-refractivity contribution is -0.138. The van der Waals surface area contributed by atoms with Gasteiger partial charge in [0.25, 0.3) is 11.7 Å². The van der Waals surface area contributed by atoms with Crippen molar-refractivity contribution in [3.8, 4) is 0 Å². The van der Waals surface area contributed by atoms with Crippen LogP contribution in [-0.2, 0) is 12.6 Å².